The summed E-state index contributed by atoms with van der Waals surface area (Å²) in [7, 11) is 0. The van der Waals surface area contributed by atoms with E-state index >= 15 is 0 Å². The predicted molar refractivity (Wildman–Crippen MR) is 112 cm³/mol. The van der Waals surface area contributed by atoms with Crippen LogP contribution in [0.2, 0.25) is 0 Å². The monoisotopic (exact) mass is 412 g/mol. The second kappa shape index (κ2) is 7.67. The first-order valence-electron chi connectivity index (χ1n) is 9.28. The van der Waals surface area contributed by atoms with Crippen molar-refractivity contribution in [2.45, 2.75) is 13.5 Å². The first-order chi connectivity index (χ1) is 13.9. The number of nitrogens with zero attached hydrogens (tertiary/aromatic N) is 3. The van der Waals surface area contributed by atoms with Crippen molar-refractivity contribution in [2.75, 3.05) is 31.1 Å². The Bertz CT molecular complexity index is 1180. The summed E-state index contributed by atoms with van der Waals surface area (Å²) >= 11 is 1.24. The lowest BCUT2D eigenvalue weighted by atomic mass is 10.1. The van der Waals surface area contributed by atoms with E-state index in [4.69, 9.17) is 0 Å². The van der Waals surface area contributed by atoms with Gasteiger partial charge in [0.05, 0.1) is 5.52 Å². The van der Waals surface area contributed by atoms with E-state index in [1.165, 1.54) is 18.3 Å². The number of hydrogen-bond donors (Lipinski definition) is 1. The molecule has 1 saturated heterocycles. The van der Waals surface area contributed by atoms with Gasteiger partial charge in [-0.05, 0) is 42.6 Å². The lowest BCUT2D eigenvalue weighted by Gasteiger charge is -2.36. The number of Topliss-reactive ketones (excluding diaryl/α,β-unsaturated/α-hetero) is 1. The molecule has 9 heteroatoms. The Balaban J connectivity index is 1.42. The number of H-pyrrole nitrogens is 1. The van der Waals surface area contributed by atoms with Gasteiger partial charge in [0, 0.05) is 37.4 Å². The number of benzene rings is 1. The molecule has 0 spiro atoms. The van der Waals surface area contributed by atoms with E-state index in [2.05, 4.69) is 9.88 Å². The minimum Gasteiger partial charge on any atom is -0.368 e. The smallest absolute Gasteiger partial charge is 0.329 e. The number of carbonyl (C=O) groups excluding carboxylic acids is 2. The van der Waals surface area contributed by atoms with Crippen molar-refractivity contribution in [1.29, 1.82) is 0 Å². The quantitative estimate of drug-likeness (QED) is 0.652. The number of fused-ring (bicyclic) bond motifs is 1. The maximum atomic E-state index is 12.7. The average molecular weight is 412 g/mol. The van der Waals surface area contributed by atoms with E-state index in [0.29, 0.717) is 42.0 Å². The van der Waals surface area contributed by atoms with Crippen molar-refractivity contribution in [3.8, 4) is 0 Å². The highest BCUT2D eigenvalue weighted by Crippen LogP contribution is 2.18. The molecule has 0 bridgehead atoms. The van der Waals surface area contributed by atoms with Crippen LogP contribution in [0, 0.1) is 0 Å². The molecule has 1 amide bonds. The van der Waals surface area contributed by atoms with Crippen LogP contribution in [-0.2, 0) is 11.3 Å². The third kappa shape index (κ3) is 3.73. The molecule has 1 aliphatic heterocycles. The van der Waals surface area contributed by atoms with Crippen molar-refractivity contribution < 1.29 is 9.59 Å². The first-order valence-corrected chi connectivity index (χ1v) is 10.2. The maximum absolute atomic E-state index is 12.7. The van der Waals surface area contributed by atoms with Crippen LogP contribution < -0.4 is 16.1 Å². The number of piperazine rings is 1. The number of hydrogen-bond acceptors (Lipinski definition) is 6. The summed E-state index contributed by atoms with van der Waals surface area (Å²) in [6, 6.07) is 9.09. The molecule has 1 fully saturated rings. The topological polar surface area (TPSA) is 95.5 Å². The van der Waals surface area contributed by atoms with E-state index in [1.54, 1.807) is 28.5 Å². The fourth-order valence-corrected chi connectivity index (χ4v) is 4.27. The van der Waals surface area contributed by atoms with Gasteiger partial charge in [0.2, 0.25) is 5.91 Å². The highest BCUT2D eigenvalue weighted by Gasteiger charge is 2.23. The first kappa shape index (κ1) is 19.1. The third-order valence-electron chi connectivity index (χ3n) is 5.16. The van der Waals surface area contributed by atoms with Crippen LogP contribution in [0.1, 0.15) is 17.3 Å². The number of aromatic amines is 1. The minimum atomic E-state index is -0.571. The summed E-state index contributed by atoms with van der Waals surface area (Å²) in [5.74, 6) is -0.224. The van der Waals surface area contributed by atoms with Crippen LogP contribution in [0.25, 0.3) is 10.2 Å². The van der Waals surface area contributed by atoms with Gasteiger partial charge in [0.25, 0.3) is 5.56 Å². The summed E-state index contributed by atoms with van der Waals surface area (Å²) in [6.45, 7) is 3.55. The zero-order chi connectivity index (χ0) is 20.5. The number of ketones is 1. The number of amides is 1. The molecule has 150 valence electrons. The predicted octanol–water partition coefficient (Wildman–Crippen LogP) is 1.30. The Morgan fingerprint density at radius 2 is 1.72 bits per heavy atom. The Labute approximate surface area is 170 Å². The highest BCUT2D eigenvalue weighted by molar-refractivity contribution is 7.17. The van der Waals surface area contributed by atoms with Crippen LogP contribution >= 0.6 is 11.3 Å². The Morgan fingerprint density at radius 1 is 1.03 bits per heavy atom. The molecule has 1 aliphatic rings. The van der Waals surface area contributed by atoms with Gasteiger partial charge >= 0.3 is 5.69 Å². The van der Waals surface area contributed by atoms with Gasteiger partial charge < -0.3 is 14.8 Å². The fourth-order valence-electron chi connectivity index (χ4n) is 3.47. The second-order valence-electron chi connectivity index (χ2n) is 6.96. The fraction of sp³-hybridized carbons (Fsp3) is 0.300. The summed E-state index contributed by atoms with van der Waals surface area (Å²) in [4.78, 5) is 55.2. The normalized spacial score (nSPS) is 14.4. The largest absolute Gasteiger partial charge is 0.368 e. The number of anilines is 1. The van der Waals surface area contributed by atoms with Crippen LogP contribution in [0.3, 0.4) is 0 Å². The lowest BCUT2D eigenvalue weighted by Crippen LogP contribution is -2.51. The molecular formula is C20H20N4O4S. The zero-order valence-corrected chi connectivity index (χ0v) is 16.7. The molecule has 0 saturated carbocycles. The summed E-state index contributed by atoms with van der Waals surface area (Å²) < 4.78 is 1.41. The Kier molecular flexibility index (Phi) is 5.06. The van der Waals surface area contributed by atoms with E-state index in [-0.39, 0.29) is 18.2 Å². The summed E-state index contributed by atoms with van der Waals surface area (Å²) in [6.07, 6.45) is 0. The minimum absolute atomic E-state index is 0.0259. The van der Waals surface area contributed by atoms with Crippen molar-refractivity contribution in [3.05, 3.63) is 62.1 Å². The summed E-state index contributed by atoms with van der Waals surface area (Å²) in [5, 5.41) is 1.73. The second-order valence-corrected chi connectivity index (χ2v) is 7.87. The van der Waals surface area contributed by atoms with Crippen molar-refractivity contribution >= 4 is 38.9 Å². The van der Waals surface area contributed by atoms with E-state index in [1.807, 2.05) is 12.1 Å². The zero-order valence-electron chi connectivity index (χ0n) is 15.9. The van der Waals surface area contributed by atoms with Crippen LogP contribution in [0.15, 0.2) is 45.3 Å². The molecule has 3 heterocycles. The van der Waals surface area contributed by atoms with Crippen molar-refractivity contribution in [2.24, 2.45) is 0 Å². The van der Waals surface area contributed by atoms with Gasteiger partial charge in [-0.1, -0.05) is 0 Å². The molecule has 2 aromatic heterocycles. The van der Waals surface area contributed by atoms with E-state index < -0.39 is 11.2 Å². The average Bonchev–Trinajstić information content (AvgIpc) is 3.19. The third-order valence-corrected chi connectivity index (χ3v) is 6.06. The molecule has 0 unspecified atom stereocenters. The molecule has 0 radical (unpaired) electrons. The standard InChI is InChI=1S/C20H20N4O4S/c1-13(25)14-2-4-15(5-3-14)22-7-9-23(10-8-22)17(26)12-24-19(27)18-16(6-11-29-18)21-20(24)28/h2-6,11H,7-10,12H2,1H3,(H,21,28). The maximum Gasteiger partial charge on any atom is 0.329 e. The molecule has 3 aromatic rings. The Hall–Kier alpha value is -3.20. The Morgan fingerprint density at radius 3 is 2.38 bits per heavy atom. The molecule has 4 rings (SSSR count). The molecular weight excluding hydrogens is 392 g/mol. The number of nitrogens with one attached hydrogen (secondary N) is 1. The number of rotatable bonds is 4. The lowest BCUT2D eigenvalue weighted by molar-refractivity contribution is -0.132. The van der Waals surface area contributed by atoms with Gasteiger partial charge in [0.1, 0.15) is 11.2 Å². The van der Waals surface area contributed by atoms with Crippen molar-refractivity contribution in [3.63, 3.8) is 0 Å². The molecule has 0 atom stereocenters. The van der Waals surface area contributed by atoms with Crippen LogP contribution in [0.4, 0.5) is 5.69 Å². The molecule has 1 N–H and O–H groups in total. The van der Waals surface area contributed by atoms with Gasteiger partial charge in [-0.2, -0.15) is 0 Å². The molecule has 8 nitrogen and oxygen atoms in total. The van der Waals surface area contributed by atoms with Gasteiger partial charge in [-0.25, -0.2) is 9.36 Å². The molecule has 0 aliphatic carbocycles. The van der Waals surface area contributed by atoms with E-state index in [0.717, 1.165) is 10.3 Å². The molecule has 29 heavy (non-hydrogen) atoms. The van der Waals surface area contributed by atoms with E-state index in [9.17, 15) is 19.2 Å². The molecule has 1 aromatic carbocycles. The number of aromatic nitrogens is 2. The van der Waals surface area contributed by atoms with Gasteiger partial charge in [-0.3, -0.25) is 14.4 Å². The summed E-state index contributed by atoms with van der Waals surface area (Å²) in [5.41, 5.74) is 1.16. The van der Waals surface area contributed by atoms with Crippen LogP contribution in [-0.4, -0.2) is 52.3 Å². The van der Waals surface area contributed by atoms with Crippen LogP contribution in [0.5, 0.6) is 0 Å². The SMILES string of the molecule is CC(=O)c1ccc(N2CCN(C(=O)Cn3c(=O)[nH]c4ccsc4c3=O)CC2)cc1. The van der Waals surface area contributed by atoms with Gasteiger partial charge in [-0.15, -0.1) is 11.3 Å². The van der Waals surface area contributed by atoms with Gasteiger partial charge in [0.15, 0.2) is 5.78 Å². The highest BCUT2D eigenvalue weighted by atomic mass is 32.1. The number of carbonyl (C=O) groups is 2. The van der Waals surface area contributed by atoms with Crippen molar-refractivity contribution in [1.82, 2.24) is 14.5 Å². The number of thiophene rings is 1.